The molecule has 0 spiro atoms. The number of hydrogen-bond donors (Lipinski definition) is 2. The Labute approximate surface area is 199 Å². The summed E-state index contributed by atoms with van der Waals surface area (Å²) in [5, 5.41) is 18.1. The van der Waals surface area contributed by atoms with Crippen molar-refractivity contribution in [3.8, 4) is 17.0 Å². The lowest BCUT2D eigenvalue weighted by Gasteiger charge is -2.34. The smallest absolute Gasteiger partial charge is 0.387 e. The van der Waals surface area contributed by atoms with Crippen molar-refractivity contribution in [2.75, 3.05) is 6.54 Å². The minimum Gasteiger partial charge on any atom is -0.434 e. The third-order valence-corrected chi connectivity index (χ3v) is 6.50. The lowest BCUT2D eigenvalue weighted by atomic mass is 9.79. The number of ether oxygens (including phenoxy) is 1. The van der Waals surface area contributed by atoms with E-state index in [2.05, 4.69) is 22.3 Å². The molecule has 1 amide bonds. The molecular formula is C25H36F2N4O3. The van der Waals surface area contributed by atoms with Crippen LogP contribution in [-0.4, -0.2) is 44.5 Å². The van der Waals surface area contributed by atoms with E-state index in [9.17, 15) is 18.7 Å². The summed E-state index contributed by atoms with van der Waals surface area (Å²) >= 11 is 0. The van der Waals surface area contributed by atoms with Gasteiger partial charge in [0, 0.05) is 36.6 Å². The van der Waals surface area contributed by atoms with E-state index in [1.807, 2.05) is 20.8 Å². The van der Waals surface area contributed by atoms with Crippen LogP contribution in [0, 0.1) is 18.8 Å². The van der Waals surface area contributed by atoms with Gasteiger partial charge < -0.3 is 15.2 Å². The SMILES string of the molecule is CCn1nc(C(=O)NCC2(O)CCC(C)CC2)c(C)c1-c1cnc(CC(C)C)cc1OC(F)F. The molecule has 188 valence electrons. The molecule has 0 unspecified atom stereocenters. The summed E-state index contributed by atoms with van der Waals surface area (Å²) in [7, 11) is 0. The van der Waals surface area contributed by atoms with Gasteiger partial charge in [0.05, 0.1) is 16.9 Å². The first-order valence-electron chi connectivity index (χ1n) is 12.0. The van der Waals surface area contributed by atoms with Crippen molar-refractivity contribution in [1.82, 2.24) is 20.1 Å². The number of halogens is 2. The first-order valence-corrected chi connectivity index (χ1v) is 12.0. The van der Waals surface area contributed by atoms with Crippen LogP contribution >= 0.6 is 0 Å². The van der Waals surface area contributed by atoms with Crippen molar-refractivity contribution in [2.24, 2.45) is 11.8 Å². The molecule has 2 heterocycles. The topological polar surface area (TPSA) is 89.3 Å². The van der Waals surface area contributed by atoms with Gasteiger partial charge in [0.25, 0.3) is 5.91 Å². The number of hydrogen-bond acceptors (Lipinski definition) is 5. The molecule has 1 aliphatic carbocycles. The molecule has 0 aromatic carbocycles. The highest BCUT2D eigenvalue weighted by Gasteiger charge is 2.33. The van der Waals surface area contributed by atoms with Gasteiger partial charge in [-0.2, -0.15) is 13.9 Å². The molecule has 1 fully saturated rings. The van der Waals surface area contributed by atoms with Gasteiger partial charge in [-0.15, -0.1) is 0 Å². The van der Waals surface area contributed by atoms with E-state index in [1.165, 1.54) is 12.3 Å². The number of aliphatic hydroxyl groups is 1. The molecule has 2 aromatic heterocycles. The number of alkyl halides is 2. The van der Waals surface area contributed by atoms with E-state index < -0.39 is 18.1 Å². The van der Waals surface area contributed by atoms with Crippen LogP contribution in [0.1, 0.15) is 75.1 Å². The zero-order valence-corrected chi connectivity index (χ0v) is 20.7. The number of aryl methyl sites for hydroxylation is 1. The first kappa shape index (κ1) is 26.1. The van der Waals surface area contributed by atoms with E-state index >= 15 is 0 Å². The lowest BCUT2D eigenvalue weighted by molar-refractivity contribution is -0.0495. The minimum atomic E-state index is -2.99. The normalized spacial score (nSPS) is 20.7. The van der Waals surface area contributed by atoms with E-state index in [4.69, 9.17) is 4.74 Å². The Morgan fingerprint density at radius 3 is 2.62 bits per heavy atom. The van der Waals surface area contributed by atoms with Crippen LogP contribution in [-0.2, 0) is 13.0 Å². The summed E-state index contributed by atoms with van der Waals surface area (Å²) in [6.45, 7) is 7.38. The number of aromatic nitrogens is 3. The van der Waals surface area contributed by atoms with Gasteiger partial charge in [0.1, 0.15) is 5.75 Å². The number of rotatable bonds is 9. The maximum atomic E-state index is 13.2. The summed E-state index contributed by atoms with van der Waals surface area (Å²) in [6, 6.07) is 1.53. The third kappa shape index (κ3) is 6.11. The van der Waals surface area contributed by atoms with Crippen molar-refractivity contribution >= 4 is 5.91 Å². The average Bonchev–Trinajstić information content (AvgIpc) is 3.10. The van der Waals surface area contributed by atoms with Gasteiger partial charge >= 0.3 is 6.61 Å². The Morgan fingerprint density at radius 1 is 1.35 bits per heavy atom. The quantitative estimate of drug-likeness (QED) is 0.543. The molecule has 9 heteroatoms. The van der Waals surface area contributed by atoms with Crippen LogP contribution in [0.4, 0.5) is 8.78 Å². The van der Waals surface area contributed by atoms with Gasteiger partial charge in [-0.25, -0.2) is 0 Å². The van der Waals surface area contributed by atoms with Gasteiger partial charge in [-0.1, -0.05) is 20.8 Å². The van der Waals surface area contributed by atoms with Gasteiger partial charge in [0.15, 0.2) is 5.69 Å². The first-order chi connectivity index (χ1) is 16.0. The highest BCUT2D eigenvalue weighted by molar-refractivity contribution is 5.95. The fourth-order valence-electron chi connectivity index (χ4n) is 4.52. The van der Waals surface area contributed by atoms with E-state index in [0.717, 1.165) is 12.8 Å². The molecule has 3 rings (SSSR count). The van der Waals surface area contributed by atoms with Crippen LogP contribution in [0.15, 0.2) is 12.3 Å². The summed E-state index contributed by atoms with van der Waals surface area (Å²) in [6.07, 6.45) is 5.27. The largest absolute Gasteiger partial charge is 0.434 e. The molecule has 7 nitrogen and oxygen atoms in total. The van der Waals surface area contributed by atoms with Crippen molar-refractivity contribution < 1.29 is 23.4 Å². The molecular weight excluding hydrogens is 442 g/mol. The molecule has 0 aliphatic heterocycles. The highest BCUT2D eigenvalue weighted by atomic mass is 19.3. The molecule has 2 aromatic rings. The van der Waals surface area contributed by atoms with E-state index in [1.54, 1.807) is 11.6 Å². The van der Waals surface area contributed by atoms with Crippen LogP contribution in [0.25, 0.3) is 11.3 Å². The molecule has 1 saturated carbocycles. The van der Waals surface area contributed by atoms with Crippen LogP contribution < -0.4 is 10.1 Å². The molecule has 0 saturated heterocycles. The van der Waals surface area contributed by atoms with Crippen LogP contribution in [0.2, 0.25) is 0 Å². The zero-order valence-electron chi connectivity index (χ0n) is 20.7. The van der Waals surface area contributed by atoms with Crippen molar-refractivity contribution in [2.45, 2.75) is 85.5 Å². The Hall–Kier alpha value is -2.55. The molecule has 0 radical (unpaired) electrons. The number of nitrogens with zero attached hydrogens (tertiary/aromatic N) is 3. The summed E-state index contributed by atoms with van der Waals surface area (Å²) in [5.74, 6) is 0.485. The minimum absolute atomic E-state index is 0.0101. The lowest BCUT2D eigenvalue weighted by Crippen LogP contribution is -2.45. The van der Waals surface area contributed by atoms with Crippen LogP contribution in [0.5, 0.6) is 5.75 Å². The monoisotopic (exact) mass is 478 g/mol. The number of carbonyl (C=O) groups excluding carboxylic acids is 1. The Bertz CT molecular complexity index is 998. The second kappa shape index (κ2) is 10.8. The average molecular weight is 479 g/mol. The predicted octanol–water partition coefficient (Wildman–Crippen LogP) is 4.74. The maximum Gasteiger partial charge on any atom is 0.387 e. The molecule has 2 N–H and O–H groups in total. The third-order valence-electron chi connectivity index (χ3n) is 6.50. The molecule has 0 atom stereocenters. The Kier molecular flexibility index (Phi) is 8.28. The van der Waals surface area contributed by atoms with E-state index in [-0.39, 0.29) is 18.0 Å². The number of amides is 1. The number of carbonyl (C=O) groups is 1. The van der Waals surface area contributed by atoms with Crippen molar-refractivity contribution in [3.05, 3.63) is 29.2 Å². The van der Waals surface area contributed by atoms with Gasteiger partial charge in [-0.3, -0.25) is 14.5 Å². The zero-order chi connectivity index (χ0) is 25.0. The number of nitrogens with one attached hydrogen (secondary N) is 1. The highest BCUT2D eigenvalue weighted by Crippen LogP contribution is 2.35. The standard InChI is InChI=1S/C25H36F2N4O3/c1-6-31-22(19-13-28-18(11-15(2)3)12-20(19)34-24(26)27)17(5)21(30-31)23(32)29-14-25(33)9-7-16(4)8-10-25/h12-13,15-16,24,33H,6-11,14H2,1-5H3,(H,29,32). The van der Waals surface area contributed by atoms with Gasteiger partial charge in [0.2, 0.25) is 0 Å². The van der Waals surface area contributed by atoms with E-state index in [0.29, 0.717) is 60.2 Å². The number of pyridine rings is 1. The Morgan fingerprint density at radius 2 is 2.03 bits per heavy atom. The summed E-state index contributed by atoms with van der Waals surface area (Å²) < 4.78 is 32.9. The second-order valence-corrected chi connectivity index (χ2v) is 9.88. The molecule has 0 bridgehead atoms. The van der Waals surface area contributed by atoms with Gasteiger partial charge in [-0.05, 0) is 57.8 Å². The van der Waals surface area contributed by atoms with Crippen molar-refractivity contribution in [3.63, 3.8) is 0 Å². The Balaban J connectivity index is 1.90. The summed E-state index contributed by atoms with van der Waals surface area (Å²) in [4.78, 5) is 17.4. The molecule has 34 heavy (non-hydrogen) atoms. The van der Waals surface area contributed by atoms with Crippen LogP contribution in [0.3, 0.4) is 0 Å². The van der Waals surface area contributed by atoms with Crippen molar-refractivity contribution in [1.29, 1.82) is 0 Å². The maximum absolute atomic E-state index is 13.2. The molecule has 1 aliphatic rings. The predicted molar refractivity (Wildman–Crippen MR) is 126 cm³/mol. The fourth-order valence-corrected chi connectivity index (χ4v) is 4.52. The second-order valence-electron chi connectivity index (χ2n) is 9.88. The fraction of sp³-hybridized carbons (Fsp3) is 0.640. The summed E-state index contributed by atoms with van der Waals surface area (Å²) in [5.41, 5.74) is 1.35.